The van der Waals surface area contributed by atoms with Crippen LogP contribution in [-0.4, -0.2) is 33.5 Å². The fourth-order valence-corrected chi connectivity index (χ4v) is 3.23. The molecule has 4 aromatic rings. The molecule has 0 unspecified atom stereocenters. The number of rotatable bonds is 5. The zero-order valence-electron chi connectivity index (χ0n) is 17.0. The molecular weight excluding hydrogens is 378 g/mol. The molecule has 2 aromatic heterocycles. The van der Waals surface area contributed by atoms with Crippen LogP contribution in [0, 0.1) is 13.8 Å². The number of amides is 2. The fraction of sp³-hybridized carbons (Fsp3) is 0.136. The largest absolute Gasteiger partial charge is 0.341 e. The van der Waals surface area contributed by atoms with Gasteiger partial charge in [-0.15, -0.1) is 0 Å². The number of benzene rings is 2. The van der Waals surface area contributed by atoms with Crippen LogP contribution >= 0.6 is 0 Å². The molecule has 0 spiro atoms. The Kier molecular flexibility index (Phi) is 5.21. The molecule has 4 rings (SSSR count). The molecule has 2 heterocycles. The minimum absolute atomic E-state index is 0.249. The third-order valence-corrected chi connectivity index (χ3v) is 4.89. The second-order valence-corrected chi connectivity index (χ2v) is 6.99. The summed E-state index contributed by atoms with van der Waals surface area (Å²) in [5.74, 6) is 0.717. The Morgan fingerprint density at radius 1 is 0.967 bits per heavy atom. The Hall–Kier alpha value is -4.07. The summed E-state index contributed by atoms with van der Waals surface area (Å²) in [5, 5.41) is 23.1. The maximum atomic E-state index is 11.5. The number of nitrogens with one attached hydrogen (secondary N) is 5. The van der Waals surface area contributed by atoms with Crippen molar-refractivity contribution in [3.05, 3.63) is 66.0 Å². The summed E-state index contributed by atoms with van der Waals surface area (Å²) in [5.41, 5.74) is 7.79. The normalized spacial score (nSPS) is 10.6. The van der Waals surface area contributed by atoms with Gasteiger partial charge in [0.25, 0.3) is 0 Å². The lowest BCUT2D eigenvalue weighted by Crippen LogP contribution is -2.24. The Balaban J connectivity index is 1.48. The zero-order valence-corrected chi connectivity index (χ0v) is 17.0. The van der Waals surface area contributed by atoms with Gasteiger partial charge in [-0.05, 0) is 48.7 Å². The molecule has 0 fully saturated rings. The van der Waals surface area contributed by atoms with Gasteiger partial charge in [-0.2, -0.15) is 10.2 Å². The molecule has 2 amide bonds. The molecule has 8 nitrogen and oxygen atoms in total. The topological polar surface area (TPSA) is 111 Å². The van der Waals surface area contributed by atoms with Crippen LogP contribution in [0.1, 0.15) is 11.3 Å². The average molecular weight is 401 g/mol. The van der Waals surface area contributed by atoms with Crippen LogP contribution in [0.2, 0.25) is 0 Å². The second-order valence-electron chi connectivity index (χ2n) is 6.99. The summed E-state index contributed by atoms with van der Waals surface area (Å²) in [6.07, 6.45) is 1.90. The first-order valence-corrected chi connectivity index (χ1v) is 9.56. The minimum atomic E-state index is -0.249. The fourth-order valence-electron chi connectivity index (χ4n) is 3.23. The molecule has 0 aliphatic carbocycles. The molecule has 2 aromatic carbocycles. The minimum Gasteiger partial charge on any atom is -0.341 e. The van der Waals surface area contributed by atoms with E-state index in [1.54, 1.807) is 7.05 Å². The number of carbonyl (C=O) groups is 1. The Labute approximate surface area is 174 Å². The molecule has 0 radical (unpaired) electrons. The smallest absolute Gasteiger partial charge is 0.318 e. The van der Waals surface area contributed by atoms with Gasteiger partial charge in [0.05, 0.1) is 11.4 Å². The second kappa shape index (κ2) is 8.12. The van der Waals surface area contributed by atoms with E-state index < -0.39 is 0 Å². The molecule has 0 aliphatic heterocycles. The third kappa shape index (κ3) is 4.02. The molecule has 0 bridgehead atoms. The van der Waals surface area contributed by atoms with Gasteiger partial charge in [-0.1, -0.05) is 24.3 Å². The van der Waals surface area contributed by atoms with Crippen LogP contribution in [-0.2, 0) is 0 Å². The van der Waals surface area contributed by atoms with E-state index in [9.17, 15) is 4.79 Å². The lowest BCUT2D eigenvalue weighted by atomic mass is 10.0. The van der Waals surface area contributed by atoms with Crippen molar-refractivity contribution in [1.29, 1.82) is 0 Å². The van der Waals surface area contributed by atoms with E-state index in [4.69, 9.17) is 0 Å². The van der Waals surface area contributed by atoms with Gasteiger partial charge in [-0.3, -0.25) is 10.2 Å². The average Bonchev–Trinajstić information content (AvgIpc) is 3.39. The van der Waals surface area contributed by atoms with E-state index in [1.165, 1.54) is 0 Å². The molecular formula is C22H23N7O. The highest BCUT2D eigenvalue weighted by Gasteiger charge is 2.09. The maximum absolute atomic E-state index is 11.5. The van der Waals surface area contributed by atoms with Gasteiger partial charge in [0.1, 0.15) is 0 Å². The predicted octanol–water partition coefficient (Wildman–Crippen LogP) is 4.58. The predicted molar refractivity (Wildman–Crippen MR) is 119 cm³/mol. The van der Waals surface area contributed by atoms with Crippen molar-refractivity contribution in [3.8, 4) is 22.4 Å². The molecule has 5 N–H and O–H groups in total. The SMILES string of the molecule is CNC(=O)Nc1ccc(Nc2cc(-c3ccc(-c4c[nH]nc4C)cc3)[nH]n2)c(C)c1. The summed E-state index contributed by atoms with van der Waals surface area (Å²) < 4.78 is 0. The monoisotopic (exact) mass is 401 g/mol. The molecule has 8 heteroatoms. The first-order chi connectivity index (χ1) is 14.5. The lowest BCUT2D eigenvalue weighted by molar-refractivity contribution is 0.254. The number of aryl methyl sites for hydroxylation is 2. The number of aromatic nitrogens is 4. The number of hydrogen-bond acceptors (Lipinski definition) is 4. The Morgan fingerprint density at radius 2 is 1.73 bits per heavy atom. The molecule has 0 saturated heterocycles. The maximum Gasteiger partial charge on any atom is 0.318 e. The van der Waals surface area contributed by atoms with Gasteiger partial charge >= 0.3 is 6.03 Å². The molecule has 0 aliphatic rings. The zero-order chi connectivity index (χ0) is 21.1. The Morgan fingerprint density at radius 3 is 2.40 bits per heavy atom. The van der Waals surface area contributed by atoms with E-state index in [0.29, 0.717) is 0 Å². The molecule has 0 atom stereocenters. The van der Waals surface area contributed by atoms with E-state index in [0.717, 1.165) is 50.8 Å². The van der Waals surface area contributed by atoms with Crippen molar-refractivity contribution < 1.29 is 4.79 Å². The number of urea groups is 1. The van der Waals surface area contributed by atoms with Gasteiger partial charge in [0, 0.05) is 36.2 Å². The van der Waals surface area contributed by atoms with Crippen molar-refractivity contribution in [2.75, 3.05) is 17.7 Å². The summed E-state index contributed by atoms with van der Waals surface area (Å²) in [6, 6.07) is 15.6. The first-order valence-electron chi connectivity index (χ1n) is 9.56. The van der Waals surface area contributed by atoms with Crippen LogP contribution in [0.3, 0.4) is 0 Å². The third-order valence-electron chi connectivity index (χ3n) is 4.89. The number of aromatic amines is 2. The highest BCUT2D eigenvalue weighted by atomic mass is 16.2. The van der Waals surface area contributed by atoms with Crippen LogP contribution in [0.15, 0.2) is 54.7 Å². The summed E-state index contributed by atoms with van der Waals surface area (Å²) in [4.78, 5) is 11.5. The van der Waals surface area contributed by atoms with E-state index in [1.807, 2.05) is 44.3 Å². The number of carbonyl (C=O) groups excluding carboxylic acids is 1. The van der Waals surface area contributed by atoms with Crippen molar-refractivity contribution in [2.45, 2.75) is 13.8 Å². The first kappa shape index (κ1) is 19.3. The van der Waals surface area contributed by atoms with Gasteiger partial charge in [-0.25, -0.2) is 4.79 Å². The van der Waals surface area contributed by atoms with E-state index in [-0.39, 0.29) is 6.03 Å². The number of hydrogen-bond donors (Lipinski definition) is 5. The van der Waals surface area contributed by atoms with Gasteiger partial charge < -0.3 is 16.0 Å². The van der Waals surface area contributed by atoms with E-state index in [2.05, 4.69) is 60.6 Å². The standard InChI is InChI=1S/C22H23N7O/c1-13-10-17(25-22(30)23-3)8-9-19(13)26-21-11-20(28-29-21)16-6-4-15(5-7-16)18-12-24-27-14(18)2/h4-12H,1-3H3,(H,24,27)(H2,23,25,30)(H2,26,28,29). The highest BCUT2D eigenvalue weighted by Crippen LogP contribution is 2.28. The van der Waals surface area contributed by atoms with Crippen LogP contribution < -0.4 is 16.0 Å². The Bertz CT molecular complexity index is 1170. The summed E-state index contributed by atoms with van der Waals surface area (Å²) in [6.45, 7) is 3.96. The summed E-state index contributed by atoms with van der Waals surface area (Å²) in [7, 11) is 1.58. The highest BCUT2D eigenvalue weighted by molar-refractivity contribution is 5.89. The molecule has 152 valence electrons. The van der Waals surface area contributed by atoms with Crippen molar-refractivity contribution in [3.63, 3.8) is 0 Å². The van der Waals surface area contributed by atoms with Gasteiger partial charge in [0.15, 0.2) is 5.82 Å². The van der Waals surface area contributed by atoms with Crippen molar-refractivity contribution >= 4 is 23.2 Å². The van der Waals surface area contributed by atoms with Crippen molar-refractivity contribution in [2.24, 2.45) is 0 Å². The van der Waals surface area contributed by atoms with Crippen molar-refractivity contribution in [1.82, 2.24) is 25.7 Å². The van der Waals surface area contributed by atoms with Gasteiger partial charge in [0.2, 0.25) is 0 Å². The van der Waals surface area contributed by atoms with Crippen LogP contribution in [0.25, 0.3) is 22.4 Å². The van der Waals surface area contributed by atoms with Crippen LogP contribution in [0.5, 0.6) is 0 Å². The number of nitrogens with zero attached hydrogens (tertiary/aromatic N) is 2. The number of anilines is 3. The molecule has 30 heavy (non-hydrogen) atoms. The lowest BCUT2D eigenvalue weighted by Gasteiger charge is -2.10. The molecule has 0 saturated carbocycles. The quantitative estimate of drug-likeness (QED) is 0.337. The van der Waals surface area contributed by atoms with E-state index >= 15 is 0 Å². The van der Waals surface area contributed by atoms with Crippen LogP contribution in [0.4, 0.5) is 22.0 Å². The summed E-state index contributed by atoms with van der Waals surface area (Å²) >= 11 is 0. The number of H-pyrrole nitrogens is 2.